The van der Waals surface area contributed by atoms with Gasteiger partial charge in [-0.2, -0.15) is 12.7 Å². The molecule has 0 aromatic heterocycles. The van der Waals surface area contributed by atoms with E-state index in [4.69, 9.17) is 0 Å². The van der Waals surface area contributed by atoms with Crippen LogP contribution in [0.15, 0.2) is 78.9 Å². The highest BCUT2D eigenvalue weighted by molar-refractivity contribution is 7.90. The van der Waals surface area contributed by atoms with Crippen molar-refractivity contribution in [3.8, 4) is 0 Å². The molecule has 0 unspecified atom stereocenters. The molecule has 208 valence electrons. The molecule has 2 amide bonds. The Balaban J connectivity index is 2.07. The van der Waals surface area contributed by atoms with Crippen LogP contribution >= 0.6 is 0 Å². The predicted octanol–water partition coefficient (Wildman–Crippen LogP) is 3.52. The van der Waals surface area contributed by atoms with Crippen molar-refractivity contribution < 1.29 is 22.4 Å². The summed E-state index contributed by atoms with van der Waals surface area (Å²) in [4.78, 5) is 28.8. The first-order valence-corrected chi connectivity index (χ1v) is 14.0. The number of hydrogen-bond acceptors (Lipinski definition) is 4. The van der Waals surface area contributed by atoms with Crippen LogP contribution in [0, 0.1) is 12.7 Å². The number of benzene rings is 3. The number of nitrogens with zero attached hydrogens (tertiary/aromatic N) is 3. The maximum Gasteiger partial charge on any atom is 0.304 e. The number of carbonyl (C=O) groups excluding carboxylic acids is 2. The molecule has 3 aromatic rings. The van der Waals surface area contributed by atoms with Crippen LogP contribution < -0.4 is 9.62 Å². The Kier molecular flexibility index (Phi) is 10.2. The van der Waals surface area contributed by atoms with Crippen molar-refractivity contribution in [3.63, 3.8) is 0 Å². The summed E-state index contributed by atoms with van der Waals surface area (Å²) in [5, 5.41) is 2.82. The van der Waals surface area contributed by atoms with E-state index in [0.717, 1.165) is 37.4 Å². The summed E-state index contributed by atoms with van der Waals surface area (Å²) in [5.41, 5.74) is 2.77. The van der Waals surface area contributed by atoms with Crippen LogP contribution in [-0.4, -0.2) is 62.7 Å². The van der Waals surface area contributed by atoms with Gasteiger partial charge in [0, 0.05) is 33.6 Å². The Labute approximate surface area is 230 Å². The first kappa shape index (κ1) is 29.8. The lowest BCUT2D eigenvalue weighted by atomic mass is 10.0. The van der Waals surface area contributed by atoms with Gasteiger partial charge in [0.1, 0.15) is 18.4 Å². The molecule has 0 aliphatic heterocycles. The van der Waals surface area contributed by atoms with Gasteiger partial charge in [-0.1, -0.05) is 60.2 Å². The van der Waals surface area contributed by atoms with Gasteiger partial charge in [0.25, 0.3) is 0 Å². The van der Waals surface area contributed by atoms with Crippen LogP contribution in [0.3, 0.4) is 0 Å². The summed E-state index contributed by atoms with van der Waals surface area (Å²) in [6.45, 7) is 3.61. The molecular weight excluding hydrogens is 519 g/mol. The number of rotatable bonds is 12. The number of nitrogens with one attached hydrogen (secondary N) is 1. The zero-order chi connectivity index (χ0) is 28.6. The van der Waals surface area contributed by atoms with E-state index >= 15 is 0 Å². The molecule has 10 heteroatoms. The van der Waals surface area contributed by atoms with Gasteiger partial charge in [0.2, 0.25) is 11.8 Å². The minimum atomic E-state index is -4.13. The fourth-order valence-electron chi connectivity index (χ4n) is 4.18. The second-order valence-electron chi connectivity index (χ2n) is 9.38. The number of hydrogen-bond donors (Lipinski definition) is 1. The molecule has 0 saturated carbocycles. The number of halogens is 1. The Bertz CT molecular complexity index is 1370. The highest BCUT2D eigenvalue weighted by atomic mass is 32.2. The lowest BCUT2D eigenvalue weighted by Crippen LogP contribution is -2.54. The van der Waals surface area contributed by atoms with Gasteiger partial charge in [-0.3, -0.25) is 9.59 Å². The summed E-state index contributed by atoms with van der Waals surface area (Å²) < 4.78 is 42.1. The molecule has 3 rings (SSSR count). The van der Waals surface area contributed by atoms with Crippen LogP contribution in [0.1, 0.15) is 23.6 Å². The second kappa shape index (κ2) is 13.3. The lowest BCUT2D eigenvalue weighted by Gasteiger charge is -2.34. The van der Waals surface area contributed by atoms with E-state index in [1.165, 1.54) is 31.1 Å². The molecule has 0 bridgehead atoms. The van der Waals surface area contributed by atoms with E-state index < -0.39 is 34.5 Å². The van der Waals surface area contributed by atoms with Gasteiger partial charge in [-0.25, -0.2) is 8.70 Å². The molecule has 0 heterocycles. The van der Waals surface area contributed by atoms with Gasteiger partial charge < -0.3 is 10.2 Å². The molecule has 0 saturated heterocycles. The fraction of sp³-hybridized carbons (Fsp3) is 0.310. The highest BCUT2D eigenvalue weighted by Crippen LogP contribution is 2.22. The van der Waals surface area contributed by atoms with Gasteiger partial charge >= 0.3 is 10.2 Å². The highest BCUT2D eigenvalue weighted by Gasteiger charge is 2.34. The van der Waals surface area contributed by atoms with Crippen molar-refractivity contribution in [1.82, 2.24) is 14.5 Å². The normalized spacial score (nSPS) is 12.2. The molecule has 1 atom stereocenters. The third-order valence-electron chi connectivity index (χ3n) is 6.19. The quantitative estimate of drug-likeness (QED) is 0.371. The lowest BCUT2D eigenvalue weighted by molar-refractivity contribution is -0.140. The summed E-state index contributed by atoms with van der Waals surface area (Å²) >= 11 is 0. The molecule has 0 fully saturated rings. The Morgan fingerprint density at radius 2 is 1.56 bits per heavy atom. The molecule has 0 aliphatic carbocycles. The van der Waals surface area contributed by atoms with Gasteiger partial charge in [0.15, 0.2) is 0 Å². The Hall–Kier alpha value is -3.76. The van der Waals surface area contributed by atoms with Crippen molar-refractivity contribution in [3.05, 3.63) is 101 Å². The first-order chi connectivity index (χ1) is 18.5. The smallest absolute Gasteiger partial charge is 0.304 e. The van der Waals surface area contributed by atoms with E-state index in [9.17, 15) is 22.4 Å². The summed E-state index contributed by atoms with van der Waals surface area (Å²) in [6, 6.07) is 20.9. The molecule has 0 radical (unpaired) electrons. The summed E-state index contributed by atoms with van der Waals surface area (Å²) in [6.07, 6.45) is 0.237. The molecule has 3 aromatic carbocycles. The van der Waals surface area contributed by atoms with Gasteiger partial charge in [-0.05, 0) is 49.2 Å². The fourth-order valence-corrected chi connectivity index (χ4v) is 5.23. The SMILES string of the molecule is CCNC(=O)[C@H](Cc1ccccc1)N(Cc1cccc(C)c1)C(=O)CN(c1ccc(F)cc1)S(=O)(=O)N(C)C. The number of amides is 2. The first-order valence-electron chi connectivity index (χ1n) is 12.6. The van der Waals surface area contributed by atoms with Gasteiger partial charge in [0.05, 0.1) is 5.69 Å². The maximum absolute atomic E-state index is 14.0. The van der Waals surface area contributed by atoms with E-state index in [0.29, 0.717) is 6.54 Å². The molecule has 0 aliphatic rings. The van der Waals surface area contributed by atoms with Crippen molar-refractivity contribution in [1.29, 1.82) is 0 Å². The monoisotopic (exact) mass is 554 g/mol. The number of anilines is 1. The van der Waals surface area contributed by atoms with Crippen LogP contribution in [0.5, 0.6) is 0 Å². The van der Waals surface area contributed by atoms with Crippen molar-refractivity contribution in [2.75, 3.05) is 31.5 Å². The predicted molar refractivity (Wildman–Crippen MR) is 151 cm³/mol. The molecule has 8 nitrogen and oxygen atoms in total. The van der Waals surface area contributed by atoms with E-state index in [1.807, 2.05) is 61.5 Å². The topological polar surface area (TPSA) is 90.0 Å². The molecular formula is C29H35FN4O4S. The van der Waals surface area contributed by atoms with Crippen LogP contribution in [0.4, 0.5) is 10.1 Å². The number of likely N-dealkylation sites (N-methyl/N-ethyl adjacent to an activating group) is 1. The maximum atomic E-state index is 14.0. The van der Waals surface area contributed by atoms with Crippen molar-refractivity contribution in [2.24, 2.45) is 0 Å². The molecule has 0 spiro atoms. The number of carbonyl (C=O) groups is 2. The third kappa shape index (κ3) is 7.87. The third-order valence-corrected chi connectivity index (χ3v) is 8.01. The summed E-state index contributed by atoms with van der Waals surface area (Å²) in [5.74, 6) is -1.45. The van der Waals surface area contributed by atoms with E-state index in [1.54, 1.807) is 6.92 Å². The summed E-state index contributed by atoms with van der Waals surface area (Å²) in [7, 11) is -1.42. The second-order valence-corrected chi connectivity index (χ2v) is 11.5. The van der Waals surface area contributed by atoms with Crippen molar-refractivity contribution >= 4 is 27.7 Å². The minimum absolute atomic E-state index is 0.0917. The number of aryl methyl sites for hydroxylation is 1. The Morgan fingerprint density at radius 3 is 2.15 bits per heavy atom. The van der Waals surface area contributed by atoms with Crippen molar-refractivity contribution in [2.45, 2.75) is 32.9 Å². The Morgan fingerprint density at radius 1 is 0.923 bits per heavy atom. The zero-order valence-corrected chi connectivity index (χ0v) is 23.5. The average molecular weight is 555 g/mol. The van der Waals surface area contributed by atoms with E-state index in [2.05, 4.69) is 5.32 Å². The van der Waals surface area contributed by atoms with E-state index in [-0.39, 0.29) is 24.6 Å². The molecule has 1 N–H and O–H groups in total. The van der Waals surface area contributed by atoms with Crippen LogP contribution in [-0.2, 0) is 32.8 Å². The zero-order valence-electron chi connectivity index (χ0n) is 22.7. The van der Waals surface area contributed by atoms with Crippen LogP contribution in [0.2, 0.25) is 0 Å². The van der Waals surface area contributed by atoms with Gasteiger partial charge in [-0.15, -0.1) is 0 Å². The average Bonchev–Trinajstić information content (AvgIpc) is 2.90. The minimum Gasteiger partial charge on any atom is -0.355 e. The van der Waals surface area contributed by atoms with Crippen LogP contribution in [0.25, 0.3) is 0 Å². The molecule has 39 heavy (non-hydrogen) atoms. The standard InChI is InChI=1S/C29H35FN4O4S/c1-5-31-29(36)27(19-23-11-7-6-8-12-23)33(20-24-13-9-10-22(2)18-24)28(35)21-34(39(37,38)32(3)4)26-16-14-25(30)15-17-26/h6-18,27H,5,19-21H2,1-4H3,(H,31,36)/t27-/m0/s1. The largest absolute Gasteiger partial charge is 0.355 e.